The summed E-state index contributed by atoms with van der Waals surface area (Å²) >= 11 is 13.8. The minimum atomic E-state index is -0.616. The number of benzene rings is 1. The van der Waals surface area contributed by atoms with Gasteiger partial charge in [0, 0.05) is 29.0 Å². The second-order valence-electron chi connectivity index (χ2n) is 4.56. The molecule has 1 aromatic carbocycles. The van der Waals surface area contributed by atoms with Crippen molar-refractivity contribution in [3.63, 3.8) is 0 Å². The van der Waals surface area contributed by atoms with Crippen molar-refractivity contribution in [2.24, 2.45) is 0 Å². The Balaban J connectivity index is 2.40. The minimum absolute atomic E-state index is 0.258. The van der Waals surface area contributed by atoms with E-state index in [4.69, 9.17) is 23.2 Å². The molecule has 0 bridgehead atoms. The van der Waals surface area contributed by atoms with E-state index in [2.05, 4.69) is 4.98 Å². The van der Waals surface area contributed by atoms with Crippen LogP contribution in [0.25, 0.3) is 0 Å². The molecule has 0 saturated heterocycles. The van der Waals surface area contributed by atoms with Crippen LogP contribution in [0.3, 0.4) is 0 Å². The van der Waals surface area contributed by atoms with Crippen LogP contribution in [-0.4, -0.2) is 16.7 Å². The molecular weight excluding hydrogens is 304 g/mol. The summed E-state index contributed by atoms with van der Waals surface area (Å²) in [4.78, 5) is 4.43. The average Bonchev–Trinajstić information content (AvgIpc) is 2.82. The summed E-state index contributed by atoms with van der Waals surface area (Å²) in [7, 11) is 0. The first-order valence-corrected chi connectivity index (χ1v) is 7.84. The van der Waals surface area contributed by atoms with Gasteiger partial charge >= 0.3 is 0 Å². The Bertz CT molecular complexity index is 552. The Hall–Kier alpha value is -0.640. The highest BCUT2D eigenvalue weighted by Crippen LogP contribution is 2.33. The van der Waals surface area contributed by atoms with Crippen LogP contribution in [0.4, 0.5) is 4.39 Å². The first kappa shape index (κ1) is 14.8. The topological polar surface area (TPSA) is 12.9 Å². The number of alkyl halides is 2. The Morgan fingerprint density at radius 2 is 1.95 bits per heavy atom. The maximum atomic E-state index is 14.0. The Morgan fingerprint density at radius 1 is 1.26 bits per heavy atom. The van der Waals surface area contributed by atoms with Gasteiger partial charge in [-0.2, -0.15) is 0 Å². The van der Waals surface area contributed by atoms with Crippen molar-refractivity contribution in [3.05, 3.63) is 51.7 Å². The molecule has 0 fully saturated rings. The molecule has 0 aliphatic rings. The van der Waals surface area contributed by atoms with E-state index in [0.717, 1.165) is 10.7 Å². The van der Waals surface area contributed by atoms with E-state index in [1.54, 1.807) is 29.5 Å². The molecule has 0 aliphatic heterocycles. The molecule has 0 spiro atoms. The van der Waals surface area contributed by atoms with Crippen molar-refractivity contribution in [1.82, 2.24) is 4.98 Å². The lowest BCUT2D eigenvalue weighted by Crippen LogP contribution is -2.34. The van der Waals surface area contributed by atoms with Gasteiger partial charge in [0.2, 0.25) is 0 Å². The van der Waals surface area contributed by atoms with Crippen molar-refractivity contribution in [1.29, 1.82) is 0 Å². The van der Waals surface area contributed by atoms with Crippen LogP contribution in [0.1, 0.15) is 16.3 Å². The molecule has 0 unspecified atom stereocenters. The molecule has 0 N–H and O–H groups in total. The van der Waals surface area contributed by atoms with Crippen molar-refractivity contribution < 1.29 is 4.39 Å². The number of hydrogen-bond acceptors (Lipinski definition) is 2. The van der Waals surface area contributed by atoms with Crippen LogP contribution in [-0.2, 0) is 11.8 Å². The summed E-state index contributed by atoms with van der Waals surface area (Å²) < 4.78 is 14.0. The summed E-state index contributed by atoms with van der Waals surface area (Å²) in [5.74, 6) is 0.248. The van der Waals surface area contributed by atoms with Gasteiger partial charge in [-0.25, -0.2) is 9.37 Å². The fraction of sp³-hybridized carbons (Fsp3) is 0.357. The van der Waals surface area contributed by atoms with E-state index in [1.165, 1.54) is 6.07 Å². The third-order valence-electron chi connectivity index (χ3n) is 3.14. The lowest BCUT2D eigenvalue weighted by Gasteiger charge is -2.29. The molecule has 1 heterocycles. The van der Waals surface area contributed by atoms with Gasteiger partial charge in [0.1, 0.15) is 5.82 Å². The van der Waals surface area contributed by atoms with Crippen LogP contribution in [0, 0.1) is 12.7 Å². The van der Waals surface area contributed by atoms with Gasteiger partial charge in [0.05, 0.1) is 10.7 Å². The molecule has 0 saturated carbocycles. The minimum Gasteiger partial charge on any atom is -0.247 e. The lowest BCUT2D eigenvalue weighted by molar-refractivity contribution is 0.487. The lowest BCUT2D eigenvalue weighted by atomic mass is 9.80. The third-order valence-corrected chi connectivity index (χ3v) is 4.99. The Kier molecular flexibility index (Phi) is 4.82. The number of hydrogen-bond donors (Lipinski definition) is 0. The zero-order valence-electron chi connectivity index (χ0n) is 10.5. The maximum Gasteiger partial charge on any atom is 0.127 e. The van der Waals surface area contributed by atoms with E-state index in [-0.39, 0.29) is 17.6 Å². The van der Waals surface area contributed by atoms with E-state index in [9.17, 15) is 4.39 Å². The Morgan fingerprint density at radius 3 is 2.47 bits per heavy atom. The summed E-state index contributed by atoms with van der Waals surface area (Å²) in [5.41, 5.74) is 0.854. The van der Waals surface area contributed by atoms with Gasteiger partial charge in [-0.3, -0.25) is 0 Å². The van der Waals surface area contributed by atoms with Crippen molar-refractivity contribution >= 4 is 34.5 Å². The normalized spacial score (nSPS) is 11.8. The summed E-state index contributed by atoms with van der Waals surface area (Å²) in [6, 6.07) is 6.66. The molecule has 1 nitrogen and oxygen atoms in total. The summed E-state index contributed by atoms with van der Waals surface area (Å²) in [6.45, 7) is 1.94. The highest BCUT2D eigenvalue weighted by Gasteiger charge is 2.34. The first-order valence-electron chi connectivity index (χ1n) is 5.89. The number of aryl methyl sites for hydroxylation is 1. The second kappa shape index (κ2) is 6.21. The monoisotopic (exact) mass is 317 g/mol. The smallest absolute Gasteiger partial charge is 0.127 e. The molecule has 1 aromatic heterocycles. The van der Waals surface area contributed by atoms with Crippen LogP contribution in [0.2, 0.25) is 0 Å². The third kappa shape index (κ3) is 3.10. The molecule has 2 aromatic rings. The van der Waals surface area contributed by atoms with Crippen molar-refractivity contribution in [2.75, 3.05) is 11.8 Å². The zero-order chi connectivity index (χ0) is 13.9. The number of aromatic nitrogens is 1. The van der Waals surface area contributed by atoms with Gasteiger partial charge in [-0.05, 0) is 18.6 Å². The zero-order valence-corrected chi connectivity index (χ0v) is 12.8. The number of thiazole rings is 1. The molecule has 0 amide bonds. The highest BCUT2D eigenvalue weighted by molar-refractivity contribution is 7.09. The van der Waals surface area contributed by atoms with Gasteiger partial charge in [0.25, 0.3) is 0 Å². The Labute approximate surface area is 126 Å². The fourth-order valence-corrected chi connectivity index (χ4v) is 3.47. The van der Waals surface area contributed by atoms with Crippen LogP contribution in [0.15, 0.2) is 29.6 Å². The number of halogens is 3. The average molecular weight is 318 g/mol. The SMILES string of the molecule is Cc1nc(CC(CCl)(CCl)c2ccccc2F)cs1. The molecule has 2 rings (SSSR count). The summed E-state index contributed by atoms with van der Waals surface area (Å²) in [5, 5.41) is 2.96. The largest absolute Gasteiger partial charge is 0.247 e. The van der Waals surface area contributed by atoms with E-state index >= 15 is 0 Å². The van der Waals surface area contributed by atoms with E-state index < -0.39 is 5.41 Å². The van der Waals surface area contributed by atoms with Crippen molar-refractivity contribution in [2.45, 2.75) is 18.8 Å². The van der Waals surface area contributed by atoms with Crippen LogP contribution < -0.4 is 0 Å². The molecule has 19 heavy (non-hydrogen) atoms. The van der Waals surface area contributed by atoms with E-state index in [0.29, 0.717) is 12.0 Å². The van der Waals surface area contributed by atoms with Crippen LogP contribution >= 0.6 is 34.5 Å². The fourth-order valence-electron chi connectivity index (χ4n) is 2.10. The molecular formula is C14H14Cl2FNS. The summed E-state index contributed by atoms with van der Waals surface area (Å²) in [6.07, 6.45) is 0.547. The van der Waals surface area contributed by atoms with Gasteiger partial charge < -0.3 is 0 Å². The van der Waals surface area contributed by atoms with Gasteiger partial charge in [-0.15, -0.1) is 34.5 Å². The van der Waals surface area contributed by atoms with E-state index in [1.807, 2.05) is 12.3 Å². The predicted octanol–water partition coefficient (Wildman–Crippen LogP) is 4.55. The predicted molar refractivity (Wildman–Crippen MR) is 80.1 cm³/mol. The highest BCUT2D eigenvalue weighted by atomic mass is 35.5. The maximum absolute atomic E-state index is 14.0. The number of nitrogens with zero attached hydrogens (tertiary/aromatic N) is 1. The van der Waals surface area contributed by atoms with Gasteiger partial charge in [-0.1, -0.05) is 18.2 Å². The first-order chi connectivity index (χ1) is 9.11. The molecule has 5 heteroatoms. The quantitative estimate of drug-likeness (QED) is 0.737. The van der Waals surface area contributed by atoms with Crippen LogP contribution in [0.5, 0.6) is 0 Å². The molecule has 102 valence electrons. The number of rotatable bonds is 5. The molecule has 0 radical (unpaired) electrons. The standard InChI is InChI=1S/C14H14Cl2FNS/c1-10-18-11(7-19-10)6-14(8-15,9-16)12-4-2-3-5-13(12)17/h2-5,7H,6,8-9H2,1H3. The van der Waals surface area contributed by atoms with Gasteiger partial charge in [0.15, 0.2) is 0 Å². The second-order valence-corrected chi connectivity index (χ2v) is 6.16. The van der Waals surface area contributed by atoms with Crippen molar-refractivity contribution in [3.8, 4) is 0 Å². The molecule has 0 atom stereocenters. The molecule has 0 aliphatic carbocycles.